The van der Waals surface area contributed by atoms with E-state index in [0.29, 0.717) is 11.1 Å². The number of nitrogens with two attached hydrogens (primary N) is 1. The quantitative estimate of drug-likeness (QED) is 0.474. The van der Waals surface area contributed by atoms with Gasteiger partial charge in [-0.1, -0.05) is 36.0 Å². The molecule has 0 radical (unpaired) electrons. The van der Waals surface area contributed by atoms with Gasteiger partial charge in [0.15, 0.2) is 5.69 Å². The molecule has 0 fully saturated rings. The van der Waals surface area contributed by atoms with Crippen LogP contribution in [0.15, 0.2) is 48.5 Å². The molecule has 174 valence electrons. The van der Waals surface area contributed by atoms with Crippen LogP contribution in [0.4, 0.5) is 5.69 Å². The Kier molecular flexibility index (Phi) is 6.08. The number of anilines is 1. The third kappa shape index (κ3) is 3.88. The van der Waals surface area contributed by atoms with Gasteiger partial charge >= 0.3 is 11.9 Å². The van der Waals surface area contributed by atoms with Gasteiger partial charge in [0, 0.05) is 5.22 Å². The fraction of sp³-hybridized carbons (Fsp3) is 0.125. The number of phenolic OH excluding ortho intramolecular Hbond substituents is 2. The van der Waals surface area contributed by atoms with E-state index >= 15 is 0 Å². The molecule has 0 bridgehead atoms. The molecule has 0 saturated carbocycles. The molecule has 1 aliphatic heterocycles. The van der Waals surface area contributed by atoms with Crippen molar-refractivity contribution in [2.75, 3.05) is 20.0 Å². The molecule has 0 unspecified atom stereocenters. The highest BCUT2D eigenvalue weighted by atomic mass is 32.2. The van der Waals surface area contributed by atoms with E-state index in [1.807, 2.05) is 0 Å². The summed E-state index contributed by atoms with van der Waals surface area (Å²) >= 11 is 0.965. The molecule has 0 aliphatic carbocycles. The van der Waals surface area contributed by atoms with Crippen LogP contribution in [-0.4, -0.2) is 46.8 Å². The highest BCUT2D eigenvalue weighted by Gasteiger charge is 2.38. The van der Waals surface area contributed by atoms with Crippen molar-refractivity contribution in [2.45, 2.75) is 5.25 Å². The van der Waals surface area contributed by atoms with Crippen molar-refractivity contribution in [1.29, 1.82) is 0 Å². The molecule has 34 heavy (non-hydrogen) atoms. The van der Waals surface area contributed by atoms with Gasteiger partial charge in [0.1, 0.15) is 21.7 Å². The summed E-state index contributed by atoms with van der Waals surface area (Å²) in [5, 5.41) is 18.7. The van der Waals surface area contributed by atoms with Gasteiger partial charge in [0.25, 0.3) is 0 Å². The van der Waals surface area contributed by atoms with Crippen molar-refractivity contribution in [3.8, 4) is 11.5 Å². The Hall–Kier alpha value is -4.18. The predicted molar refractivity (Wildman–Crippen MR) is 126 cm³/mol. The van der Waals surface area contributed by atoms with Crippen molar-refractivity contribution in [2.24, 2.45) is 0 Å². The van der Waals surface area contributed by atoms with Crippen molar-refractivity contribution in [1.82, 2.24) is 4.57 Å². The third-order valence-electron chi connectivity index (χ3n) is 5.29. The number of carbonyl (C=O) groups excluding carboxylic acids is 3. The first kappa shape index (κ1) is 23.0. The van der Waals surface area contributed by atoms with Crippen LogP contribution >= 0.6 is 11.8 Å². The van der Waals surface area contributed by atoms with Crippen LogP contribution in [0.5, 0.6) is 11.5 Å². The van der Waals surface area contributed by atoms with E-state index in [0.717, 1.165) is 23.4 Å². The zero-order valence-corrected chi connectivity index (χ0v) is 19.0. The molecule has 0 spiro atoms. The number of esters is 2. The highest BCUT2D eigenvalue weighted by Crippen LogP contribution is 2.40. The lowest BCUT2D eigenvalue weighted by molar-refractivity contribution is -0.133. The molecule has 9 nitrogen and oxygen atoms in total. The van der Waals surface area contributed by atoms with Gasteiger partial charge in [0.2, 0.25) is 5.91 Å². The second kappa shape index (κ2) is 8.99. The number of hydrogen-bond acceptors (Lipinski definition) is 9. The number of fused-ring (bicyclic) bond motifs is 1. The Morgan fingerprint density at radius 3 is 2.09 bits per heavy atom. The lowest BCUT2D eigenvalue weighted by Crippen LogP contribution is -2.42. The number of aromatic nitrogens is 1. The summed E-state index contributed by atoms with van der Waals surface area (Å²) in [4.78, 5) is 39.3. The monoisotopic (exact) mass is 480 g/mol. The maximum Gasteiger partial charge on any atom is 0.357 e. The minimum Gasteiger partial charge on any atom is -0.508 e. The summed E-state index contributed by atoms with van der Waals surface area (Å²) in [6.45, 7) is 0. The summed E-state index contributed by atoms with van der Waals surface area (Å²) < 4.78 is 11.0. The fourth-order valence-corrected chi connectivity index (χ4v) is 4.90. The SMILES string of the molecule is COC(=O)C1=c2/c(=C/c3ccc(O)cc3)c(N)c(C(=O)OC)n2C(=O)[C@H](c2ccc(O)cc2)S1. The Morgan fingerprint density at radius 1 is 0.971 bits per heavy atom. The second-order valence-electron chi connectivity index (χ2n) is 7.34. The molecule has 4 N–H and O–H groups in total. The van der Waals surface area contributed by atoms with Crippen molar-refractivity contribution in [3.05, 3.63) is 75.9 Å². The molecule has 0 saturated heterocycles. The number of rotatable bonds is 4. The third-order valence-corrected chi connectivity index (χ3v) is 6.60. The molecule has 1 aliphatic rings. The minimum atomic E-state index is -0.918. The average Bonchev–Trinajstić information content (AvgIpc) is 3.13. The number of ether oxygens (including phenoxy) is 2. The summed E-state index contributed by atoms with van der Waals surface area (Å²) in [7, 11) is 2.37. The Morgan fingerprint density at radius 2 is 1.53 bits per heavy atom. The number of hydrogen-bond donors (Lipinski definition) is 3. The van der Waals surface area contributed by atoms with Gasteiger partial charge in [-0.3, -0.25) is 9.36 Å². The Balaban J connectivity index is 2.09. The number of thioether (sulfide) groups is 1. The molecule has 2 aromatic carbocycles. The van der Waals surface area contributed by atoms with Crippen molar-refractivity contribution < 1.29 is 34.1 Å². The van der Waals surface area contributed by atoms with Crippen LogP contribution < -0.4 is 16.3 Å². The number of phenols is 2. The molecule has 3 aromatic rings. The van der Waals surface area contributed by atoms with Crippen molar-refractivity contribution >= 4 is 46.3 Å². The lowest BCUT2D eigenvalue weighted by atomic mass is 10.1. The maximum absolute atomic E-state index is 13.7. The summed E-state index contributed by atoms with van der Waals surface area (Å²) in [5.74, 6) is -2.00. The summed E-state index contributed by atoms with van der Waals surface area (Å²) in [6, 6.07) is 12.1. The lowest BCUT2D eigenvalue weighted by Gasteiger charge is -2.23. The molecule has 2 heterocycles. The molecular weight excluding hydrogens is 460 g/mol. The predicted octanol–water partition coefficient (Wildman–Crippen LogP) is 1.51. The van der Waals surface area contributed by atoms with E-state index in [9.17, 15) is 24.6 Å². The van der Waals surface area contributed by atoms with E-state index in [1.54, 1.807) is 30.3 Å². The standard InChI is InChI=1S/C24H20N2O7S/c1-32-23(30)19-17(25)16(11-12-3-7-14(27)8-4-12)18-21(24(31)33-2)34-20(22(29)26(18)19)13-5-9-15(28)10-6-13/h3-11,20,27-28H,25H2,1-2H3/b16-11+/t20-/m0/s1. The highest BCUT2D eigenvalue weighted by molar-refractivity contribution is 8.10. The largest absolute Gasteiger partial charge is 0.508 e. The molecule has 1 atom stereocenters. The number of nitrogens with zero attached hydrogens (tertiary/aromatic N) is 1. The van der Waals surface area contributed by atoms with Gasteiger partial charge in [0.05, 0.1) is 25.3 Å². The summed E-state index contributed by atoms with van der Waals surface area (Å²) in [5.41, 5.74) is 7.21. The minimum absolute atomic E-state index is 0.0149. The molecule has 0 amide bonds. The first-order chi connectivity index (χ1) is 16.3. The maximum atomic E-state index is 13.7. The van der Waals surface area contributed by atoms with Crippen LogP contribution in [-0.2, 0) is 14.3 Å². The number of aromatic hydroxyl groups is 2. The first-order valence-corrected chi connectivity index (χ1v) is 10.9. The van der Waals surface area contributed by atoms with E-state index in [1.165, 1.54) is 31.4 Å². The van der Waals surface area contributed by atoms with Gasteiger partial charge in [-0.2, -0.15) is 0 Å². The smallest absolute Gasteiger partial charge is 0.357 e. The van der Waals surface area contributed by atoms with Gasteiger partial charge in [-0.25, -0.2) is 9.59 Å². The van der Waals surface area contributed by atoms with Crippen LogP contribution in [0.1, 0.15) is 31.7 Å². The van der Waals surface area contributed by atoms with E-state index in [2.05, 4.69) is 0 Å². The Bertz CT molecular complexity index is 1420. The topological polar surface area (TPSA) is 141 Å². The Labute approximate surface area is 197 Å². The van der Waals surface area contributed by atoms with Gasteiger partial charge in [-0.05, 0) is 41.5 Å². The van der Waals surface area contributed by atoms with Crippen LogP contribution in [0.25, 0.3) is 11.0 Å². The van der Waals surface area contributed by atoms with Crippen LogP contribution in [0.3, 0.4) is 0 Å². The van der Waals surface area contributed by atoms with Crippen molar-refractivity contribution in [3.63, 3.8) is 0 Å². The molecular formula is C24H20N2O7S. The van der Waals surface area contributed by atoms with E-state index < -0.39 is 23.1 Å². The van der Waals surface area contributed by atoms with Crippen LogP contribution in [0.2, 0.25) is 0 Å². The number of carbonyl (C=O) groups is 3. The second-order valence-corrected chi connectivity index (χ2v) is 8.45. The molecule has 10 heteroatoms. The van der Waals surface area contributed by atoms with Gasteiger partial charge < -0.3 is 25.4 Å². The number of methoxy groups -OCH3 is 2. The normalized spacial score (nSPS) is 15.7. The summed E-state index contributed by atoms with van der Waals surface area (Å²) in [6.07, 6.45) is 1.60. The number of nitrogen functional groups attached to an aromatic ring is 1. The molecule has 1 aromatic heterocycles. The zero-order valence-electron chi connectivity index (χ0n) is 18.1. The van der Waals surface area contributed by atoms with E-state index in [4.69, 9.17) is 15.2 Å². The zero-order chi connectivity index (χ0) is 24.6. The average molecular weight is 480 g/mol. The van der Waals surface area contributed by atoms with Crippen LogP contribution in [0, 0.1) is 0 Å². The van der Waals surface area contributed by atoms with E-state index in [-0.39, 0.29) is 38.4 Å². The van der Waals surface area contributed by atoms with Gasteiger partial charge in [-0.15, -0.1) is 0 Å². The molecule has 4 rings (SSSR count). The fourth-order valence-electron chi connectivity index (χ4n) is 3.67. The number of benzene rings is 2. The first-order valence-electron chi connectivity index (χ1n) is 9.98.